The SMILES string of the molecule is Cc1ccc(C#N)c(NC2(C(=O)O)CCCC2)n1. The number of nitrogens with one attached hydrogen (secondary N) is 1. The Morgan fingerprint density at radius 1 is 1.50 bits per heavy atom. The number of hydrogen-bond donors (Lipinski definition) is 2. The maximum Gasteiger partial charge on any atom is 0.329 e. The summed E-state index contributed by atoms with van der Waals surface area (Å²) in [6.07, 6.45) is 2.91. The minimum Gasteiger partial charge on any atom is -0.480 e. The van der Waals surface area contributed by atoms with Crippen LogP contribution in [0.25, 0.3) is 0 Å². The molecular formula is C13H15N3O2. The van der Waals surface area contributed by atoms with Gasteiger partial charge in [-0.2, -0.15) is 5.26 Å². The standard InChI is InChI=1S/C13H15N3O2/c1-9-4-5-10(8-14)11(15-9)16-13(12(17)18)6-2-3-7-13/h4-5H,2-3,6-7H2,1H3,(H,15,16)(H,17,18). The van der Waals surface area contributed by atoms with Crippen molar-refractivity contribution in [2.45, 2.75) is 38.1 Å². The number of aliphatic carboxylic acids is 1. The summed E-state index contributed by atoms with van der Waals surface area (Å²) in [6.45, 7) is 1.81. The number of carbonyl (C=O) groups is 1. The first-order valence-corrected chi connectivity index (χ1v) is 5.97. The topological polar surface area (TPSA) is 86.0 Å². The number of hydrogen-bond acceptors (Lipinski definition) is 4. The summed E-state index contributed by atoms with van der Waals surface area (Å²) in [4.78, 5) is 15.7. The number of rotatable bonds is 3. The Morgan fingerprint density at radius 2 is 2.17 bits per heavy atom. The van der Waals surface area contributed by atoms with Crippen molar-refractivity contribution in [3.05, 3.63) is 23.4 Å². The Hall–Kier alpha value is -2.09. The number of aryl methyl sites for hydroxylation is 1. The zero-order valence-electron chi connectivity index (χ0n) is 10.2. The van der Waals surface area contributed by atoms with Crippen molar-refractivity contribution >= 4 is 11.8 Å². The largest absolute Gasteiger partial charge is 0.480 e. The van der Waals surface area contributed by atoms with Crippen molar-refractivity contribution in [3.63, 3.8) is 0 Å². The average Bonchev–Trinajstić information content (AvgIpc) is 2.79. The molecule has 0 aliphatic heterocycles. The number of carboxylic acids is 1. The Balaban J connectivity index is 2.35. The van der Waals surface area contributed by atoms with Crippen LogP contribution in [0.4, 0.5) is 5.82 Å². The van der Waals surface area contributed by atoms with Crippen LogP contribution in [0.2, 0.25) is 0 Å². The van der Waals surface area contributed by atoms with Crippen LogP contribution in [-0.2, 0) is 4.79 Å². The molecule has 0 bridgehead atoms. The van der Waals surface area contributed by atoms with Crippen LogP contribution in [0, 0.1) is 18.3 Å². The minimum atomic E-state index is -0.966. The number of carboxylic acid groups (broad SMARTS) is 1. The third-order valence-corrected chi connectivity index (χ3v) is 3.38. The van der Waals surface area contributed by atoms with Gasteiger partial charge in [-0.3, -0.25) is 0 Å². The van der Waals surface area contributed by atoms with Gasteiger partial charge in [-0.25, -0.2) is 9.78 Å². The fourth-order valence-corrected chi connectivity index (χ4v) is 2.34. The predicted molar refractivity (Wildman–Crippen MR) is 66.1 cm³/mol. The Bertz CT molecular complexity index is 513. The van der Waals surface area contributed by atoms with Crippen LogP contribution in [0.1, 0.15) is 36.9 Å². The lowest BCUT2D eigenvalue weighted by Crippen LogP contribution is -2.44. The third kappa shape index (κ3) is 2.14. The fourth-order valence-electron chi connectivity index (χ4n) is 2.34. The molecule has 1 heterocycles. The molecule has 0 radical (unpaired) electrons. The van der Waals surface area contributed by atoms with Crippen LogP contribution >= 0.6 is 0 Å². The van der Waals surface area contributed by atoms with E-state index in [0.717, 1.165) is 18.5 Å². The average molecular weight is 245 g/mol. The Kier molecular flexibility index (Phi) is 3.19. The highest BCUT2D eigenvalue weighted by molar-refractivity contribution is 5.83. The van der Waals surface area contributed by atoms with E-state index in [-0.39, 0.29) is 0 Å². The normalized spacial score (nSPS) is 17.1. The fraction of sp³-hybridized carbons (Fsp3) is 0.462. The molecule has 0 aromatic carbocycles. The van der Waals surface area contributed by atoms with Crippen molar-refractivity contribution in [3.8, 4) is 6.07 Å². The lowest BCUT2D eigenvalue weighted by Gasteiger charge is -2.26. The van der Waals surface area contributed by atoms with Crippen molar-refractivity contribution in [2.24, 2.45) is 0 Å². The molecule has 0 saturated heterocycles. The highest BCUT2D eigenvalue weighted by Gasteiger charge is 2.42. The van der Waals surface area contributed by atoms with Crippen LogP contribution in [0.15, 0.2) is 12.1 Å². The van der Waals surface area contributed by atoms with Gasteiger partial charge in [0, 0.05) is 5.69 Å². The molecule has 1 aromatic rings. The van der Waals surface area contributed by atoms with Gasteiger partial charge < -0.3 is 10.4 Å². The molecular weight excluding hydrogens is 230 g/mol. The molecule has 5 nitrogen and oxygen atoms in total. The first kappa shape index (κ1) is 12.4. The molecule has 0 amide bonds. The molecule has 1 aliphatic carbocycles. The minimum absolute atomic E-state index is 0.377. The third-order valence-electron chi connectivity index (χ3n) is 3.38. The summed E-state index contributed by atoms with van der Waals surface area (Å²) in [5.41, 5.74) is 0.176. The van der Waals surface area contributed by atoms with Crippen molar-refractivity contribution < 1.29 is 9.90 Å². The van der Waals surface area contributed by atoms with E-state index in [1.807, 2.05) is 13.0 Å². The lowest BCUT2D eigenvalue weighted by atomic mass is 9.97. The molecule has 0 unspecified atom stereocenters. The highest BCUT2D eigenvalue weighted by atomic mass is 16.4. The van der Waals surface area contributed by atoms with E-state index in [2.05, 4.69) is 10.3 Å². The second-order valence-electron chi connectivity index (χ2n) is 4.68. The van der Waals surface area contributed by atoms with Gasteiger partial charge in [-0.05, 0) is 31.9 Å². The molecule has 5 heteroatoms. The monoisotopic (exact) mass is 245 g/mol. The summed E-state index contributed by atoms with van der Waals surface area (Å²) in [6, 6.07) is 5.44. The smallest absolute Gasteiger partial charge is 0.329 e. The lowest BCUT2D eigenvalue weighted by molar-refractivity contribution is -0.142. The van der Waals surface area contributed by atoms with Gasteiger partial charge in [0.15, 0.2) is 0 Å². The van der Waals surface area contributed by atoms with E-state index in [0.29, 0.717) is 24.2 Å². The number of aromatic nitrogens is 1. The number of anilines is 1. The summed E-state index contributed by atoms with van der Waals surface area (Å²) in [5, 5.41) is 21.4. The van der Waals surface area contributed by atoms with Crippen molar-refractivity contribution in [1.82, 2.24) is 4.98 Å². The van der Waals surface area contributed by atoms with Crippen LogP contribution < -0.4 is 5.32 Å². The molecule has 0 atom stereocenters. The molecule has 1 aromatic heterocycles. The maximum absolute atomic E-state index is 11.4. The maximum atomic E-state index is 11.4. The Labute approximate surface area is 105 Å². The Morgan fingerprint density at radius 3 is 2.72 bits per heavy atom. The molecule has 1 saturated carbocycles. The van der Waals surface area contributed by atoms with Crippen molar-refractivity contribution in [1.29, 1.82) is 5.26 Å². The van der Waals surface area contributed by atoms with E-state index in [1.54, 1.807) is 12.1 Å². The summed E-state index contributed by atoms with van der Waals surface area (Å²) >= 11 is 0. The molecule has 1 fully saturated rings. The van der Waals surface area contributed by atoms with E-state index >= 15 is 0 Å². The summed E-state index contributed by atoms with van der Waals surface area (Å²) < 4.78 is 0. The van der Waals surface area contributed by atoms with Gasteiger partial charge in [0.25, 0.3) is 0 Å². The first-order chi connectivity index (χ1) is 8.57. The first-order valence-electron chi connectivity index (χ1n) is 5.97. The molecule has 94 valence electrons. The zero-order chi connectivity index (χ0) is 13.2. The van der Waals surface area contributed by atoms with Gasteiger partial charge in [-0.15, -0.1) is 0 Å². The van der Waals surface area contributed by atoms with Gasteiger partial charge in [0.05, 0.1) is 5.56 Å². The molecule has 18 heavy (non-hydrogen) atoms. The van der Waals surface area contributed by atoms with Gasteiger partial charge in [-0.1, -0.05) is 12.8 Å². The molecule has 2 N–H and O–H groups in total. The number of pyridine rings is 1. The second kappa shape index (κ2) is 4.65. The van der Waals surface area contributed by atoms with Gasteiger partial charge in [0.2, 0.25) is 0 Å². The number of nitrogens with zero attached hydrogens (tertiary/aromatic N) is 2. The van der Waals surface area contributed by atoms with Gasteiger partial charge >= 0.3 is 5.97 Å². The van der Waals surface area contributed by atoms with E-state index < -0.39 is 11.5 Å². The van der Waals surface area contributed by atoms with E-state index in [9.17, 15) is 9.90 Å². The van der Waals surface area contributed by atoms with Crippen LogP contribution in [0.3, 0.4) is 0 Å². The van der Waals surface area contributed by atoms with Gasteiger partial charge in [0.1, 0.15) is 17.4 Å². The van der Waals surface area contributed by atoms with E-state index in [1.165, 1.54) is 0 Å². The molecule has 1 aliphatic rings. The van der Waals surface area contributed by atoms with Crippen LogP contribution in [0.5, 0.6) is 0 Å². The predicted octanol–water partition coefficient (Wildman–Crippen LogP) is 2.07. The number of nitriles is 1. The quantitative estimate of drug-likeness (QED) is 0.851. The zero-order valence-corrected chi connectivity index (χ0v) is 10.2. The molecule has 0 spiro atoms. The van der Waals surface area contributed by atoms with Crippen LogP contribution in [-0.4, -0.2) is 21.6 Å². The summed E-state index contributed by atoms with van der Waals surface area (Å²) in [5.74, 6) is -0.492. The molecule has 2 rings (SSSR count). The van der Waals surface area contributed by atoms with E-state index in [4.69, 9.17) is 5.26 Å². The highest BCUT2D eigenvalue weighted by Crippen LogP contribution is 2.33. The second-order valence-corrected chi connectivity index (χ2v) is 4.68. The van der Waals surface area contributed by atoms with Crippen molar-refractivity contribution in [2.75, 3.05) is 5.32 Å². The summed E-state index contributed by atoms with van der Waals surface area (Å²) in [7, 11) is 0.